The quantitative estimate of drug-likeness (QED) is 0.258. The van der Waals surface area contributed by atoms with Crippen LogP contribution in [0.5, 0.6) is 0 Å². The largest absolute Gasteiger partial charge is 0.490 e. The molecule has 11 heteroatoms. The maximum atomic E-state index is 10.6. The van der Waals surface area contributed by atoms with Crippen LogP contribution in [0.2, 0.25) is 11.8 Å². The number of halogens is 6. The Morgan fingerprint density at radius 1 is 0.515 bits per heavy atom. The number of rotatable bonds is 3. The molecule has 3 fully saturated rings. The van der Waals surface area contributed by atoms with Crippen molar-refractivity contribution in [1.29, 1.82) is 0 Å². The van der Waals surface area contributed by atoms with Crippen molar-refractivity contribution in [1.82, 2.24) is 0 Å². The molecule has 3 saturated carbocycles. The van der Waals surface area contributed by atoms with E-state index in [4.69, 9.17) is 19.8 Å². The van der Waals surface area contributed by atoms with Crippen molar-refractivity contribution in [3.05, 3.63) is 0 Å². The van der Waals surface area contributed by atoms with Gasteiger partial charge in [-0.15, -0.1) is 0 Å². The van der Waals surface area contributed by atoms with E-state index in [1.165, 1.54) is 11.8 Å². The van der Waals surface area contributed by atoms with Crippen molar-refractivity contribution in [2.45, 2.75) is 120 Å². The van der Waals surface area contributed by atoms with Crippen LogP contribution in [-0.4, -0.2) is 54.3 Å². The van der Waals surface area contributed by atoms with Crippen LogP contribution in [0.15, 0.2) is 0 Å². The summed E-state index contributed by atoms with van der Waals surface area (Å²) < 4.78 is 67.4. The minimum atomic E-state index is -5.08. The van der Waals surface area contributed by atoms with Crippen LogP contribution in [0.25, 0.3) is 0 Å². The maximum absolute atomic E-state index is 10.6. The number of carboxylic acids is 2. The first-order chi connectivity index (χ1) is 15.3. The maximum Gasteiger partial charge on any atom is 0.490 e. The first-order valence-corrected chi connectivity index (χ1v) is 16.7. The average molecular weight is 596 g/mol. The minimum absolute atomic E-state index is 1.15. The van der Waals surface area contributed by atoms with E-state index in [1.807, 2.05) is 0 Å². The molecule has 0 aromatic rings. The van der Waals surface area contributed by atoms with Crippen LogP contribution in [0, 0.1) is 0 Å². The first-order valence-electron chi connectivity index (χ1n) is 11.8. The Balaban J connectivity index is 0.000000324. The van der Waals surface area contributed by atoms with Crippen molar-refractivity contribution >= 4 is 31.7 Å². The van der Waals surface area contributed by atoms with Gasteiger partial charge in [0.25, 0.3) is 0 Å². The van der Waals surface area contributed by atoms with Crippen molar-refractivity contribution in [2.24, 2.45) is 0 Å². The summed E-state index contributed by atoms with van der Waals surface area (Å²) in [5, 5.41) is 14.2. The molecule has 0 bridgehead atoms. The normalized spacial score (nSPS) is 21.4. The van der Waals surface area contributed by atoms with E-state index in [0.29, 0.717) is 0 Å². The van der Waals surface area contributed by atoms with Gasteiger partial charge in [0, 0.05) is 0 Å². The second-order valence-corrected chi connectivity index (χ2v) is 19.0. The second-order valence-electron chi connectivity index (χ2n) is 9.11. The summed E-state index contributed by atoms with van der Waals surface area (Å²) in [6.07, 6.45) is 14.1. The molecule has 194 valence electrons. The van der Waals surface area contributed by atoms with E-state index in [-0.39, 0.29) is 0 Å². The van der Waals surface area contributed by atoms with Crippen molar-refractivity contribution in [3.8, 4) is 0 Å². The van der Waals surface area contributed by atoms with Gasteiger partial charge in [0.15, 0.2) is 0 Å². The van der Waals surface area contributed by atoms with E-state index in [0.717, 1.165) is 0 Å². The van der Waals surface area contributed by atoms with E-state index < -0.39 is 44.1 Å². The zero-order valence-corrected chi connectivity index (χ0v) is 21.7. The molecule has 0 aliphatic heterocycles. The van der Waals surface area contributed by atoms with Crippen LogP contribution in [0.4, 0.5) is 26.3 Å². The number of aliphatic carboxylic acids is 2. The molecule has 0 atom stereocenters. The number of hydrogen-bond acceptors (Lipinski definition) is 2. The summed E-state index contributed by atoms with van der Waals surface area (Å²) in [6, 6.07) is 0. The number of carbonyl (C=O) groups is 2. The third kappa shape index (κ3) is 12.0. The fourth-order valence-electron chi connectivity index (χ4n) is 5.31. The Labute approximate surface area is 198 Å². The standard InChI is InChI=1S/3C6H11.2C2HF3O2.Sn/c3*1-2-4-6-5-3-1;2*3-2(4,5)1(6)7;/h3*1H,2-6H2;2*(H,6,7);/q;;;;;-1. The Morgan fingerprint density at radius 2 is 0.697 bits per heavy atom. The van der Waals surface area contributed by atoms with Gasteiger partial charge in [0.2, 0.25) is 0 Å². The first kappa shape index (κ1) is 30.3. The molecule has 0 heterocycles. The topological polar surface area (TPSA) is 74.6 Å². The third-order valence-corrected chi connectivity index (χ3v) is 19.7. The molecule has 33 heavy (non-hydrogen) atoms. The Morgan fingerprint density at radius 3 is 0.848 bits per heavy atom. The predicted octanol–water partition coefficient (Wildman–Crippen LogP) is 7.75. The van der Waals surface area contributed by atoms with Gasteiger partial charge in [-0.25, -0.2) is 9.59 Å². The fraction of sp³-hybridized carbons (Fsp3) is 0.909. The second kappa shape index (κ2) is 14.7. The van der Waals surface area contributed by atoms with Gasteiger partial charge in [0.1, 0.15) is 0 Å². The van der Waals surface area contributed by atoms with Crippen molar-refractivity contribution in [2.75, 3.05) is 0 Å². The molecule has 3 rings (SSSR count). The van der Waals surface area contributed by atoms with E-state index in [2.05, 4.69) is 0 Å². The summed E-state index contributed by atoms with van der Waals surface area (Å²) in [5.74, 6) is -5.51. The summed E-state index contributed by atoms with van der Waals surface area (Å²) in [4.78, 5) is 17.8. The SMILES string of the molecule is C1CC[CH]([Sn-]([CH]2CCCCC2)[CH]2CCCCC2)CC1.O=C(O)C(F)(F)F.O=C(O)C(F)(F)F. The zero-order chi connectivity index (χ0) is 25.1. The summed E-state index contributed by atoms with van der Waals surface area (Å²) >= 11 is -1.15. The molecule has 0 aromatic carbocycles. The van der Waals surface area contributed by atoms with Gasteiger partial charge in [-0.05, 0) is 0 Å². The van der Waals surface area contributed by atoms with Crippen molar-refractivity contribution < 1.29 is 46.1 Å². The smallest absolute Gasteiger partial charge is 0.475 e. The van der Waals surface area contributed by atoms with E-state index in [1.54, 1.807) is 96.3 Å². The Bertz CT molecular complexity index is 512. The molecule has 0 unspecified atom stereocenters. The number of hydrogen-bond donors (Lipinski definition) is 2. The molecule has 0 radical (unpaired) electrons. The molecule has 3 aliphatic carbocycles. The molecular weight excluding hydrogens is 561 g/mol. The van der Waals surface area contributed by atoms with E-state index >= 15 is 0 Å². The molecule has 4 nitrogen and oxygen atoms in total. The van der Waals surface area contributed by atoms with Crippen LogP contribution < -0.4 is 0 Å². The van der Waals surface area contributed by atoms with Gasteiger partial charge in [-0.2, -0.15) is 26.3 Å². The minimum Gasteiger partial charge on any atom is -0.475 e. The van der Waals surface area contributed by atoms with Gasteiger partial charge < -0.3 is 10.2 Å². The van der Waals surface area contributed by atoms with Gasteiger partial charge in [-0.1, -0.05) is 0 Å². The molecule has 3 aliphatic rings. The van der Waals surface area contributed by atoms with Gasteiger partial charge in [0.05, 0.1) is 0 Å². The molecular formula is C22H35F6O4Sn-. The van der Waals surface area contributed by atoms with Crippen LogP contribution in [-0.2, 0) is 9.59 Å². The molecule has 0 aromatic heterocycles. The molecule has 0 amide bonds. The average Bonchev–Trinajstić information content (AvgIpc) is 2.76. The number of carboxylic acid groups (broad SMARTS) is 2. The Hall–Kier alpha value is -0.681. The summed E-state index contributed by atoms with van der Waals surface area (Å²) in [5.41, 5.74) is 0. The van der Waals surface area contributed by atoms with Crippen LogP contribution in [0.3, 0.4) is 0 Å². The van der Waals surface area contributed by atoms with Crippen LogP contribution >= 0.6 is 0 Å². The molecule has 0 saturated heterocycles. The summed E-state index contributed by atoms with van der Waals surface area (Å²) in [6.45, 7) is 0. The zero-order valence-electron chi connectivity index (χ0n) is 18.8. The molecule has 0 spiro atoms. The summed E-state index contributed by atoms with van der Waals surface area (Å²) in [7, 11) is 0. The molecule has 2 N–H and O–H groups in total. The third-order valence-electron chi connectivity index (χ3n) is 6.71. The predicted molar refractivity (Wildman–Crippen MR) is 114 cm³/mol. The fourth-order valence-corrected chi connectivity index (χ4v) is 20.2. The van der Waals surface area contributed by atoms with Gasteiger partial charge in [-0.3, -0.25) is 0 Å². The Kier molecular flexibility index (Phi) is 13.5. The van der Waals surface area contributed by atoms with Gasteiger partial charge >= 0.3 is 152 Å². The van der Waals surface area contributed by atoms with E-state index in [9.17, 15) is 26.3 Å². The monoisotopic (exact) mass is 597 g/mol. The number of alkyl halides is 6. The van der Waals surface area contributed by atoms with Crippen molar-refractivity contribution in [3.63, 3.8) is 0 Å². The van der Waals surface area contributed by atoms with Crippen LogP contribution in [0.1, 0.15) is 96.3 Å².